The molecule has 11 heteroatoms. The normalized spacial score (nSPS) is 11.3. The molecule has 0 aliphatic heterocycles. The van der Waals surface area contributed by atoms with Crippen molar-refractivity contribution in [3.05, 3.63) is 3.14 Å². The number of hydrogen-bond donors (Lipinski definition) is 0. The van der Waals surface area contributed by atoms with Gasteiger partial charge in [0.1, 0.15) is 3.14 Å². The fourth-order valence-electron chi connectivity index (χ4n) is 1.58. The molecule has 1 aromatic rings. The Morgan fingerprint density at radius 2 is 1.04 bits per heavy atom. The molecule has 0 saturated heterocycles. The molecule has 0 unspecified atom stereocenters. The van der Waals surface area contributed by atoms with Crippen LogP contribution in [0.2, 0.25) is 0 Å². The average molecular weight is 461 g/mol. The quantitative estimate of drug-likeness (QED) is 0.184. The maximum Gasteiger partial charge on any atom is 0.145 e. The van der Waals surface area contributed by atoms with E-state index in [0.29, 0.717) is 39.6 Å². The molecule has 0 bridgehead atoms. The summed E-state index contributed by atoms with van der Waals surface area (Å²) in [5, 5.41) is 20.4. The SMILES string of the molecule is [O-]CCOCCOCCSc1sc(=S)sc1SCCOCCOCC[O-]. The Morgan fingerprint density at radius 3 is 1.42 bits per heavy atom. The zero-order valence-electron chi connectivity index (χ0n) is 14.5. The summed E-state index contributed by atoms with van der Waals surface area (Å²) in [7, 11) is 0. The third-order valence-corrected chi connectivity index (χ3v) is 8.15. The van der Waals surface area contributed by atoms with E-state index in [-0.39, 0.29) is 26.4 Å². The van der Waals surface area contributed by atoms with Gasteiger partial charge >= 0.3 is 0 Å². The van der Waals surface area contributed by atoms with E-state index in [4.69, 9.17) is 31.2 Å². The van der Waals surface area contributed by atoms with Crippen LogP contribution in [0, 0.1) is 3.14 Å². The largest absolute Gasteiger partial charge is 0.853 e. The minimum atomic E-state index is -0.209. The molecular weight excluding hydrogens is 436 g/mol. The summed E-state index contributed by atoms with van der Waals surface area (Å²) in [5.74, 6) is 1.70. The van der Waals surface area contributed by atoms with Gasteiger partial charge in [-0.25, -0.2) is 0 Å². The third kappa shape index (κ3) is 13.0. The van der Waals surface area contributed by atoms with E-state index in [9.17, 15) is 10.2 Å². The van der Waals surface area contributed by atoms with Crippen LogP contribution in [0.25, 0.3) is 0 Å². The molecule has 0 spiro atoms. The maximum absolute atomic E-state index is 10.2. The van der Waals surface area contributed by atoms with E-state index in [1.807, 2.05) is 0 Å². The lowest BCUT2D eigenvalue weighted by molar-refractivity contribution is -0.374. The number of ether oxygens (including phenoxy) is 4. The third-order valence-electron chi connectivity index (χ3n) is 2.64. The van der Waals surface area contributed by atoms with Crippen molar-refractivity contribution in [3.8, 4) is 0 Å². The Labute approximate surface area is 176 Å². The predicted molar refractivity (Wildman–Crippen MR) is 107 cm³/mol. The molecule has 0 atom stereocenters. The molecule has 0 fully saturated rings. The number of thioether (sulfide) groups is 2. The van der Waals surface area contributed by atoms with Gasteiger partial charge in [0.05, 0.1) is 48.1 Å². The van der Waals surface area contributed by atoms with Gasteiger partial charge in [-0.05, 0) is 0 Å². The highest BCUT2D eigenvalue weighted by Crippen LogP contribution is 2.40. The van der Waals surface area contributed by atoms with Crippen LogP contribution < -0.4 is 10.2 Å². The van der Waals surface area contributed by atoms with Crippen LogP contribution in [0.3, 0.4) is 0 Å². The van der Waals surface area contributed by atoms with Crippen molar-refractivity contribution < 1.29 is 29.2 Å². The van der Waals surface area contributed by atoms with E-state index in [2.05, 4.69) is 0 Å². The van der Waals surface area contributed by atoms with Crippen molar-refractivity contribution in [2.75, 3.05) is 77.6 Å². The van der Waals surface area contributed by atoms with Gasteiger partial charge in [-0.1, -0.05) is 12.2 Å². The van der Waals surface area contributed by atoms with E-state index < -0.39 is 0 Å². The van der Waals surface area contributed by atoms with Gasteiger partial charge in [0, 0.05) is 24.7 Å². The maximum atomic E-state index is 10.2. The second kappa shape index (κ2) is 17.8. The minimum absolute atomic E-state index is 0.209. The van der Waals surface area contributed by atoms with Crippen LogP contribution in [-0.2, 0) is 18.9 Å². The Kier molecular flexibility index (Phi) is 17.0. The van der Waals surface area contributed by atoms with Crippen LogP contribution in [-0.4, -0.2) is 77.6 Å². The molecular formula is C15H24O6S5-2. The smallest absolute Gasteiger partial charge is 0.145 e. The monoisotopic (exact) mass is 460 g/mol. The molecule has 1 heterocycles. The summed E-state index contributed by atoms with van der Waals surface area (Å²) >= 11 is 12.1. The van der Waals surface area contributed by atoms with Crippen LogP contribution >= 0.6 is 58.4 Å². The molecule has 1 aromatic heterocycles. The lowest BCUT2D eigenvalue weighted by Crippen LogP contribution is -2.15. The molecule has 6 nitrogen and oxygen atoms in total. The van der Waals surface area contributed by atoms with Crippen LogP contribution in [0.4, 0.5) is 0 Å². The zero-order valence-corrected chi connectivity index (χ0v) is 18.6. The summed E-state index contributed by atoms with van der Waals surface area (Å²) in [6.07, 6.45) is 0. The number of rotatable bonds is 18. The van der Waals surface area contributed by atoms with Crippen molar-refractivity contribution in [1.29, 1.82) is 0 Å². The summed E-state index contributed by atoms with van der Waals surface area (Å²) in [4.78, 5) is 0. The van der Waals surface area contributed by atoms with Gasteiger partial charge < -0.3 is 29.2 Å². The fourth-order valence-corrected chi connectivity index (χ4v) is 7.54. The standard InChI is InChI=1S/C15H24O6S5/c16-1-3-18-5-7-20-9-11-23-13-14(26-15(22)25-13)24-12-10-21-8-6-19-4-2-17/h1-12H2/q-2. The van der Waals surface area contributed by atoms with Gasteiger partial charge in [-0.2, -0.15) is 0 Å². The first kappa shape index (κ1) is 24.8. The molecule has 152 valence electrons. The first-order chi connectivity index (χ1) is 12.8. The molecule has 0 saturated carbocycles. The van der Waals surface area contributed by atoms with Crippen LogP contribution in [0.5, 0.6) is 0 Å². The van der Waals surface area contributed by atoms with E-state index in [1.165, 1.54) is 8.42 Å². The van der Waals surface area contributed by atoms with Crippen LogP contribution in [0.1, 0.15) is 0 Å². The zero-order chi connectivity index (χ0) is 18.9. The lowest BCUT2D eigenvalue weighted by Gasteiger charge is -2.07. The predicted octanol–water partition coefficient (Wildman–Crippen LogP) is 1.51. The molecule has 0 aromatic carbocycles. The first-order valence-electron chi connectivity index (χ1n) is 8.14. The van der Waals surface area contributed by atoms with E-state index >= 15 is 0 Å². The molecule has 26 heavy (non-hydrogen) atoms. The van der Waals surface area contributed by atoms with Crippen molar-refractivity contribution >= 4 is 58.4 Å². The van der Waals surface area contributed by atoms with Crippen molar-refractivity contribution in [2.45, 2.75) is 8.42 Å². The van der Waals surface area contributed by atoms with Gasteiger partial charge in [-0.3, -0.25) is 0 Å². The minimum Gasteiger partial charge on any atom is -0.853 e. The van der Waals surface area contributed by atoms with Gasteiger partial charge in [0.15, 0.2) is 0 Å². The highest BCUT2D eigenvalue weighted by atomic mass is 32.2. The Morgan fingerprint density at radius 1 is 0.654 bits per heavy atom. The summed E-state index contributed by atoms with van der Waals surface area (Å²) in [6, 6.07) is 0. The summed E-state index contributed by atoms with van der Waals surface area (Å²) < 4.78 is 24.5. The van der Waals surface area contributed by atoms with Gasteiger partial charge in [0.25, 0.3) is 0 Å². The molecule has 0 aliphatic carbocycles. The first-order valence-corrected chi connectivity index (χ1v) is 12.2. The molecule has 0 radical (unpaired) electrons. The van der Waals surface area contributed by atoms with Gasteiger partial charge in [0.2, 0.25) is 0 Å². The van der Waals surface area contributed by atoms with Crippen molar-refractivity contribution in [1.82, 2.24) is 0 Å². The highest BCUT2D eigenvalue weighted by Gasteiger charge is 2.08. The second-order valence-corrected chi connectivity index (χ2v) is 10.5. The molecule has 0 N–H and O–H groups in total. The number of hydrogen-bond acceptors (Lipinski definition) is 11. The molecule has 0 aliphatic rings. The Balaban J connectivity index is 2.11. The highest BCUT2D eigenvalue weighted by molar-refractivity contribution is 8.05. The lowest BCUT2D eigenvalue weighted by atomic mass is 10.7. The average Bonchev–Trinajstić information content (AvgIpc) is 2.99. The Bertz CT molecular complexity index is 455. The summed E-state index contributed by atoms with van der Waals surface area (Å²) in [5.41, 5.74) is 0. The second-order valence-electron chi connectivity index (χ2n) is 4.58. The van der Waals surface area contributed by atoms with Crippen molar-refractivity contribution in [2.24, 2.45) is 0 Å². The van der Waals surface area contributed by atoms with Crippen molar-refractivity contribution in [3.63, 3.8) is 0 Å². The summed E-state index contributed by atoms with van der Waals surface area (Å²) in [6.45, 7) is 3.30. The fraction of sp³-hybridized carbons (Fsp3) is 0.800. The topological polar surface area (TPSA) is 83.0 Å². The molecule has 1 rings (SSSR count). The Hall–Kier alpha value is 0.730. The van der Waals surface area contributed by atoms with E-state index in [1.54, 1.807) is 46.2 Å². The van der Waals surface area contributed by atoms with Crippen LogP contribution in [0.15, 0.2) is 8.42 Å². The van der Waals surface area contributed by atoms with Gasteiger partial charge in [-0.15, -0.1) is 59.4 Å². The molecule has 0 amide bonds. The van der Waals surface area contributed by atoms with E-state index in [0.717, 1.165) is 14.6 Å².